The fraction of sp³-hybridized carbons (Fsp3) is 0.444. The quantitative estimate of drug-likeness (QED) is 0.656. The lowest BCUT2D eigenvalue weighted by molar-refractivity contribution is -0.723. The molecule has 2 aromatic rings. The number of benzene rings is 1. The minimum atomic E-state index is -0.827. The van der Waals surface area contributed by atoms with Gasteiger partial charge in [0, 0.05) is 0 Å². The fourth-order valence-corrected chi connectivity index (χ4v) is 2.89. The van der Waals surface area contributed by atoms with E-state index in [-0.39, 0.29) is 17.0 Å². The molecule has 0 bridgehead atoms. The number of carboxylic acids is 1. The maximum absolute atomic E-state index is 11.5. The Hall–Kier alpha value is -1.62. The zero-order chi connectivity index (χ0) is 15.9. The second kappa shape index (κ2) is 9.50. The molecule has 1 atom stereocenters. The summed E-state index contributed by atoms with van der Waals surface area (Å²) < 4.78 is 2.18. The largest absolute Gasteiger partial charge is 1.00 e. The molecule has 0 aliphatic rings. The lowest BCUT2D eigenvalue weighted by atomic mass is 9.96. The van der Waals surface area contributed by atoms with Crippen LogP contribution in [0.5, 0.6) is 0 Å². The minimum Gasteiger partial charge on any atom is -1.00 e. The van der Waals surface area contributed by atoms with E-state index in [4.69, 9.17) is 0 Å². The van der Waals surface area contributed by atoms with Gasteiger partial charge in [-0.05, 0) is 42.9 Å². The molecule has 23 heavy (non-hydrogen) atoms. The molecule has 0 fully saturated rings. The van der Waals surface area contributed by atoms with E-state index in [0.29, 0.717) is 11.6 Å². The Morgan fingerprint density at radius 1 is 1.30 bits per heavy atom. The summed E-state index contributed by atoms with van der Waals surface area (Å²) in [7, 11) is 0. The summed E-state index contributed by atoms with van der Waals surface area (Å²) in [6.07, 6.45) is 10.7. The van der Waals surface area contributed by atoms with Crippen molar-refractivity contribution in [2.45, 2.75) is 52.0 Å². The monoisotopic (exact) mass is 380 g/mol. The summed E-state index contributed by atoms with van der Waals surface area (Å²) in [5.74, 6) is -0.827. The molecule has 4 nitrogen and oxygen atoms in total. The highest BCUT2D eigenvalue weighted by Crippen LogP contribution is 2.19. The molecule has 5 heteroatoms. The normalized spacial score (nSPS) is 11.7. The summed E-state index contributed by atoms with van der Waals surface area (Å²) in [4.78, 5) is 14.6. The fourth-order valence-electron chi connectivity index (χ4n) is 2.89. The molecule has 0 radical (unpaired) electrons. The molecule has 0 saturated carbocycles. The Labute approximate surface area is 148 Å². The van der Waals surface area contributed by atoms with Crippen molar-refractivity contribution < 1.29 is 31.4 Å². The van der Waals surface area contributed by atoms with Crippen LogP contribution in [0.4, 0.5) is 0 Å². The van der Waals surface area contributed by atoms with Gasteiger partial charge in [0.15, 0.2) is 0 Å². The second-order valence-electron chi connectivity index (χ2n) is 5.69. The SMILES string of the molecule is CCCC(CCc1ccc(CC)cc1C(=O)O)[n+]1cc[nH]c1.[Br-]. The topological polar surface area (TPSA) is 57.0 Å². The maximum Gasteiger partial charge on any atom is 0.335 e. The third kappa shape index (κ3) is 5.20. The van der Waals surface area contributed by atoms with E-state index in [0.717, 1.165) is 43.2 Å². The number of aromatic nitrogens is 2. The number of hydrogen-bond donors (Lipinski definition) is 2. The first kappa shape index (κ1) is 19.4. The third-order valence-corrected chi connectivity index (χ3v) is 4.17. The Morgan fingerprint density at radius 3 is 2.65 bits per heavy atom. The van der Waals surface area contributed by atoms with Crippen LogP contribution >= 0.6 is 0 Å². The van der Waals surface area contributed by atoms with Crippen LogP contribution in [0.3, 0.4) is 0 Å². The van der Waals surface area contributed by atoms with E-state index in [1.807, 2.05) is 43.8 Å². The Bertz CT molecular complexity index is 611. The van der Waals surface area contributed by atoms with Gasteiger partial charge in [-0.15, -0.1) is 0 Å². The van der Waals surface area contributed by atoms with Gasteiger partial charge in [0.2, 0.25) is 6.33 Å². The summed E-state index contributed by atoms with van der Waals surface area (Å²) in [5.41, 5.74) is 2.46. The first-order chi connectivity index (χ1) is 10.7. The number of aromatic carboxylic acids is 1. The summed E-state index contributed by atoms with van der Waals surface area (Å²) in [5, 5.41) is 9.43. The van der Waals surface area contributed by atoms with Gasteiger partial charge in [0.25, 0.3) is 0 Å². The molecule has 2 rings (SSSR count). The molecule has 1 aromatic carbocycles. The number of aryl methyl sites for hydroxylation is 2. The van der Waals surface area contributed by atoms with E-state index >= 15 is 0 Å². The zero-order valence-corrected chi connectivity index (χ0v) is 15.3. The second-order valence-corrected chi connectivity index (χ2v) is 5.69. The van der Waals surface area contributed by atoms with Crippen molar-refractivity contribution in [1.29, 1.82) is 0 Å². The number of imidazole rings is 1. The lowest BCUT2D eigenvalue weighted by Crippen LogP contribution is -3.00. The van der Waals surface area contributed by atoms with E-state index < -0.39 is 5.97 Å². The molecule has 0 aliphatic heterocycles. The van der Waals surface area contributed by atoms with Crippen LogP contribution < -0.4 is 21.5 Å². The summed E-state index contributed by atoms with van der Waals surface area (Å²) in [6, 6.07) is 6.24. The van der Waals surface area contributed by atoms with Crippen LogP contribution in [0.25, 0.3) is 0 Å². The Morgan fingerprint density at radius 2 is 2.09 bits per heavy atom. The van der Waals surface area contributed by atoms with E-state index in [1.54, 1.807) is 0 Å². The number of aromatic amines is 1. The Balaban J connectivity index is 0.00000264. The molecule has 1 unspecified atom stereocenters. The van der Waals surface area contributed by atoms with Crippen LogP contribution in [0.2, 0.25) is 0 Å². The van der Waals surface area contributed by atoms with Gasteiger partial charge >= 0.3 is 5.97 Å². The molecule has 1 aromatic heterocycles. The van der Waals surface area contributed by atoms with Crippen molar-refractivity contribution in [2.75, 3.05) is 0 Å². The first-order valence-electron chi connectivity index (χ1n) is 8.04. The molecule has 0 amide bonds. The summed E-state index contributed by atoms with van der Waals surface area (Å²) in [6.45, 7) is 4.22. The van der Waals surface area contributed by atoms with Gasteiger partial charge < -0.3 is 22.1 Å². The van der Waals surface area contributed by atoms with Crippen molar-refractivity contribution >= 4 is 5.97 Å². The predicted octanol–water partition coefficient (Wildman–Crippen LogP) is 0.541. The van der Waals surface area contributed by atoms with Crippen molar-refractivity contribution in [3.63, 3.8) is 0 Å². The average Bonchev–Trinajstić information content (AvgIpc) is 3.05. The number of nitrogens with zero attached hydrogens (tertiary/aromatic N) is 1. The van der Waals surface area contributed by atoms with Gasteiger partial charge in [-0.1, -0.05) is 32.4 Å². The van der Waals surface area contributed by atoms with Crippen molar-refractivity contribution in [3.05, 3.63) is 53.6 Å². The van der Waals surface area contributed by atoms with E-state index in [9.17, 15) is 9.90 Å². The Kier molecular flexibility index (Phi) is 8.03. The van der Waals surface area contributed by atoms with E-state index in [2.05, 4.69) is 16.5 Å². The molecule has 0 spiro atoms. The number of halogens is 1. The van der Waals surface area contributed by atoms with Gasteiger partial charge in [-0.2, -0.15) is 0 Å². The van der Waals surface area contributed by atoms with Crippen LogP contribution in [-0.4, -0.2) is 16.1 Å². The molecule has 0 saturated heterocycles. The van der Waals surface area contributed by atoms with Crippen molar-refractivity contribution in [1.82, 2.24) is 4.98 Å². The predicted molar refractivity (Wildman–Crippen MR) is 86.0 cm³/mol. The van der Waals surface area contributed by atoms with E-state index in [1.165, 1.54) is 0 Å². The van der Waals surface area contributed by atoms with Crippen LogP contribution in [0.1, 0.15) is 60.6 Å². The smallest absolute Gasteiger partial charge is 0.335 e. The lowest BCUT2D eigenvalue weighted by Gasteiger charge is -2.14. The third-order valence-electron chi connectivity index (χ3n) is 4.17. The number of carbonyl (C=O) groups is 1. The van der Waals surface area contributed by atoms with Gasteiger partial charge in [-0.25, -0.2) is 9.36 Å². The highest BCUT2D eigenvalue weighted by atomic mass is 79.9. The van der Waals surface area contributed by atoms with Crippen LogP contribution in [-0.2, 0) is 12.8 Å². The number of H-pyrrole nitrogens is 1. The molecule has 2 N–H and O–H groups in total. The molecular weight excluding hydrogens is 356 g/mol. The molecular formula is C18H25BrN2O2. The number of hydrogen-bond acceptors (Lipinski definition) is 1. The number of nitrogens with one attached hydrogen (secondary N) is 1. The maximum atomic E-state index is 11.5. The number of carboxylic acid groups (broad SMARTS) is 1. The standard InChI is InChI=1S/C18H24N2O2.BrH/c1-3-5-16(20-11-10-19-13-20)9-8-15-7-6-14(4-2)12-17(15)18(21)22;/h6-7,10-13,16H,3-5,8-9H2,1-2H3,(H,21,22);1H. The van der Waals surface area contributed by atoms with Crippen molar-refractivity contribution in [3.8, 4) is 0 Å². The van der Waals surface area contributed by atoms with Crippen LogP contribution in [0.15, 0.2) is 36.9 Å². The minimum absolute atomic E-state index is 0. The highest BCUT2D eigenvalue weighted by molar-refractivity contribution is 5.89. The number of rotatable bonds is 8. The van der Waals surface area contributed by atoms with Gasteiger partial charge in [-0.3, -0.25) is 4.98 Å². The van der Waals surface area contributed by atoms with Crippen molar-refractivity contribution in [2.24, 2.45) is 0 Å². The summed E-state index contributed by atoms with van der Waals surface area (Å²) >= 11 is 0. The molecule has 126 valence electrons. The molecule has 0 aliphatic carbocycles. The zero-order valence-electron chi connectivity index (χ0n) is 13.8. The van der Waals surface area contributed by atoms with Crippen LogP contribution in [0, 0.1) is 0 Å². The molecule has 1 heterocycles. The van der Waals surface area contributed by atoms with Gasteiger partial charge in [0.1, 0.15) is 18.4 Å². The average molecular weight is 381 g/mol. The first-order valence-corrected chi connectivity index (χ1v) is 8.04. The van der Waals surface area contributed by atoms with Gasteiger partial charge in [0.05, 0.1) is 5.56 Å². The highest BCUT2D eigenvalue weighted by Gasteiger charge is 2.17.